The molecule has 0 spiro atoms. The molecule has 1 atom stereocenters. The summed E-state index contributed by atoms with van der Waals surface area (Å²) in [5.74, 6) is -0.444. The van der Waals surface area contributed by atoms with Gasteiger partial charge in [-0.1, -0.05) is 38.1 Å². The second-order valence-corrected chi connectivity index (χ2v) is 8.43. The van der Waals surface area contributed by atoms with Crippen molar-refractivity contribution in [1.82, 2.24) is 4.90 Å². The standard InChI is InChI=1S/C25H28N2O6/c1-16(2)15-33-25(29)24-17(3)26(14-18-8-10-21(32-4)11-9-18)23(28)13-22(24)19-6-5-7-20(12-19)27(30)31/h5-12,16,22H,13-15H2,1-4H3. The Bertz CT molecular complexity index is 1070. The van der Waals surface area contributed by atoms with Crippen molar-refractivity contribution in [1.29, 1.82) is 0 Å². The van der Waals surface area contributed by atoms with Crippen molar-refractivity contribution in [2.45, 2.75) is 39.7 Å². The van der Waals surface area contributed by atoms with Gasteiger partial charge >= 0.3 is 5.97 Å². The van der Waals surface area contributed by atoms with Crippen LogP contribution < -0.4 is 4.74 Å². The molecule has 1 heterocycles. The van der Waals surface area contributed by atoms with Crippen LogP contribution in [0.5, 0.6) is 5.75 Å². The Labute approximate surface area is 193 Å². The highest BCUT2D eigenvalue weighted by atomic mass is 16.6. The summed E-state index contributed by atoms with van der Waals surface area (Å²) in [6.45, 7) is 6.12. The van der Waals surface area contributed by atoms with E-state index in [0.29, 0.717) is 22.6 Å². The van der Waals surface area contributed by atoms with Crippen LogP contribution in [0.4, 0.5) is 5.69 Å². The van der Waals surface area contributed by atoms with Gasteiger partial charge in [0.05, 0.1) is 30.8 Å². The molecule has 0 saturated carbocycles. The van der Waals surface area contributed by atoms with Crippen LogP contribution in [0, 0.1) is 16.0 Å². The van der Waals surface area contributed by atoms with Gasteiger partial charge in [-0.15, -0.1) is 0 Å². The molecule has 0 radical (unpaired) electrons. The average molecular weight is 453 g/mol. The molecule has 1 amide bonds. The molecule has 0 bridgehead atoms. The van der Waals surface area contributed by atoms with E-state index in [-0.39, 0.29) is 37.1 Å². The van der Waals surface area contributed by atoms with Gasteiger partial charge in [-0.05, 0) is 36.1 Å². The van der Waals surface area contributed by atoms with E-state index >= 15 is 0 Å². The number of nitrogens with zero attached hydrogens (tertiary/aromatic N) is 2. The Hall–Kier alpha value is -3.68. The summed E-state index contributed by atoms with van der Waals surface area (Å²) in [4.78, 5) is 38.6. The Morgan fingerprint density at radius 3 is 2.52 bits per heavy atom. The molecule has 2 aromatic rings. The zero-order valence-electron chi connectivity index (χ0n) is 19.2. The van der Waals surface area contributed by atoms with Crippen molar-refractivity contribution in [3.63, 3.8) is 0 Å². The molecule has 3 rings (SSSR count). The minimum absolute atomic E-state index is 0.0147. The van der Waals surface area contributed by atoms with Crippen LogP contribution in [0.25, 0.3) is 0 Å². The van der Waals surface area contributed by atoms with E-state index in [1.807, 2.05) is 38.1 Å². The number of esters is 1. The zero-order valence-corrected chi connectivity index (χ0v) is 19.2. The summed E-state index contributed by atoms with van der Waals surface area (Å²) in [7, 11) is 1.58. The van der Waals surface area contributed by atoms with E-state index in [1.165, 1.54) is 12.1 Å². The van der Waals surface area contributed by atoms with Gasteiger partial charge in [-0.3, -0.25) is 14.9 Å². The predicted octanol–water partition coefficient (Wildman–Crippen LogP) is 4.59. The second kappa shape index (κ2) is 10.3. The fraction of sp³-hybridized carbons (Fsp3) is 0.360. The number of hydrogen-bond donors (Lipinski definition) is 0. The molecule has 1 aliphatic rings. The van der Waals surface area contributed by atoms with Crippen LogP contribution in [0.3, 0.4) is 0 Å². The molecule has 0 saturated heterocycles. The maximum absolute atomic E-state index is 13.2. The van der Waals surface area contributed by atoms with E-state index in [4.69, 9.17) is 9.47 Å². The Morgan fingerprint density at radius 1 is 1.21 bits per heavy atom. The summed E-state index contributed by atoms with van der Waals surface area (Å²) in [6, 6.07) is 13.4. The van der Waals surface area contributed by atoms with Crippen LogP contribution in [-0.2, 0) is 20.9 Å². The van der Waals surface area contributed by atoms with Gasteiger partial charge in [-0.2, -0.15) is 0 Å². The van der Waals surface area contributed by atoms with Crippen molar-refractivity contribution >= 4 is 17.6 Å². The molecule has 0 N–H and O–H groups in total. The van der Waals surface area contributed by atoms with Gasteiger partial charge < -0.3 is 14.4 Å². The topological polar surface area (TPSA) is 99.0 Å². The number of carbonyl (C=O) groups excluding carboxylic acids is 2. The minimum Gasteiger partial charge on any atom is -0.497 e. The summed E-state index contributed by atoms with van der Waals surface area (Å²) in [6.07, 6.45) is 0.0147. The number of nitro benzene ring substituents is 1. The first kappa shape index (κ1) is 24.0. The van der Waals surface area contributed by atoms with Crippen molar-refractivity contribution < 1.29 is 24.0 Å². The van der Waals surface area contributed by atoms with Gasteiger partial charge in [0.2, 0.25) is 5.91 Å². The third kappa shape index (κ3) is 5.58. The number of non-ortho nitro benzene ring substituents is 1. The largest absolute Gasteiger partial charge is 0.497 e. The molecular weight excluding hydrogens is 424 g/mol. The molecule has 1 unspecified atom stereocenters. The number of rotatable bonds is 8. The molecule has 0 fully saturated rings. The summed E-state index contributed by atoms with van der Waals surface area (Å²) >= 11 is 0. The number of nitro groups is 1. The lowest BCUT2D eigenvalue weighted by atomic mass is 9.83. The monoisotopic (exact) mass is 452 g/mol. The fourth-order valence-corrected chi connectivity index (χ4v) is 3.84. The van der Waals surface area contributed by atoms with Gasteiger partial charge in [0.1, 0.15) is 5.75 Å². The van der Waals surface area contributed by atoms with E-state index < -0.39 is 16.8 Å². The maximum Gasteiger partial charge on any atom is 0.336 e. The van der Waals surface area contributed by atoms with Crippen molar-refractivity contribution in [2.75, 3.05) is 13.7 Å². The van der Waals surface area contributed by atoms with Crippen molar-refractivity contribution in [3.8, 4) is 5.75 Å². The first-order valence-electron chi connectivity index (χ1n) is 10.8. The van der Waals surface area contributed by atoms with Gasteiger partial charge in [-0.25, -0.2) is 4.79 Å². The SMILES string of the molecule is COc1ccc(CN2C(=O)CC(c3cccc([N+](=O)[O-])c3)C(C(=O)OCC(C)C)=C2C)cc1. The van der Waals surface area contributed by atoms with E-state index in [1.54, 1.807) is 31.1 Å². The molecule has 174 valence electrons. The number of ether oxygens (including phenoxy) is 2. The highest BCUT2D eigenvalue weighted by molar-refractivity contribution is 5.96. The Balaban J connectivity index is 2.01. The summed E-state index contributed by atoms with van der Waals surface area (Å²) in [5, 5.41) is 11.3. The second-order valence-electron chi connectivity index (χ2n) is 8.43. The van der Waals surface area contributed by atoms with Gasteiger partial charge in [0, 0.05) is 30.2 Å². The number of benzene rings is 2. The minimum atomic E-state index is -0.621. The highest BCUT2D eigenvalue weighted by Crippen LogP contribution is 2.38. The average Bonchev–Trinajstić information content (AvgIpc) is 2.80. The van der Waals surface area contributed by atoms with Gasteiger partial charge in [0.15, 0.2) is 0 Å². The predicted molar refractivity (Wildman–Crippen MR) is 122 cm³/mol. The maximum atomic E-state index is 13.2. The highest BCUT2D eigenvalue weighted by Gasteiger charge is 2.37. The normalized spacial score (nSPS) is 16.2. The third-order valence-electron chi connectivity index (χ3n) is 5.57. The Kier molecular flexibility index (Phi) is 7.48. The van der Waals surface area contributed by atoms with Crippen LogP contribution in [0.2, 0.25) is 0 Å². The number of carbonyl (C=O) groups is 2. The molecule has 8 heteroatoms. The molecule has 0 aromatic heterocycles. The zero-order chi connectivity index (χ0) is 24.1. The van der Waals surface area contributed by atoms with Crippen LogP contribution in [-0.4, -0.2) is 35.4 Å². The molecular formula is C25H28N2O6. The molecule has 8 nitrogen and oxygen atoms in total. The summed E-state index contributed by atoms with van der Waals surface area (Å²) in [5.41, 5.74) is 2.18. The smallest absolute Gasteiger partial charge is 0.336 e. The van der Waals surface area contributed by atoms with Crippen molar-refractivity contribution in [3.05, 3.63) is 81.0 Å². The van der Waals surface area contributed by atoms with Crippen LogP contribution in [0.15, 0.2) is 59.8 Å². The number of hydrogen-bond acceptors (Lipinski definition) is 6. The Morgan fingerprint density at radius 2 is 1.91 bits per heavy atom. The lowest BCUT2D eigenvalue weighted by molar-refractivity contribution is -0.384. The van der Waals surface area contributed by atoms with E-state index in [0.717, 1.165) is 5.56 Å². The van der Waals surface area contributed by atoms with Crippen LogP contribution >= 0.6 is 0 Å². The first-order chi connectivity index (χ1) is 15.7. The first-order valence-corrected chi connectivity index (χ1v) is 10.8. The van der Waals surface area contributed by atoms with E-state index in [9.17, 15) is 19.7 Å². The summed E-state index contributed by atoms with van der Waals surface area (Å²) < 4.78 is 10.7. The molecule has 0 aliphatic carbocycles. The number of allylic oxidation sites excluding steroid dienone is 1. The van der Waals surface area contributed by atoms with Crippen LogP contribution in [0.1, 0.15) is 44.2 Å². The molecule has 33 heavy (non-hydrogen) atoms. The third-order valence-corrected chi connectivity index (χ3v) is 5.57. The number of methoxy groups -OCH3 is 1. The fourth-order valence-electron chi connectivity index (χ4n) is 3.84. The number of amides is 1. The quantitative estimate of drug-likeness (QED) is 0.330. The molecule has 2 aromatic carbocycles. The van der Waals surface area contributed by atoms with Gasteiger partial charge in [0.25, 0.3) is 5.69 Å². The van der Waals surface area contributed by atoms with E-state index in [2.05, 4.69) is 0 Å². The lowest BCUT2D eigenvalue weighted by Crippen LogP contribution is -2.38. The van der Waals surface area contributed by atoms with Crippen molar-refractivity contribution in [2.24, 2.45) is 5.92 Å². The lowest BCUT2D eigenvalue weighted by Gasteiger charge is -2.34. The molecule has 1 aliphatic heterocycles.